The number of amides is 1. The number of benzene rings is 4. The van der Waals surface area contributed by atoms with Crippen LogP contribution in [0.5, 0.6) is 23.0 Å². The molecule has 0 spiro atoms. The maximum absolute atomic E-state index is 13.5. The van der Waals surface area contributed by atoms with Gasteiger partial charge in [0.1, 0.15) is 22.8 Å². The molecule has 1 unspecified atom stereocenters. The average molecular weight is 522 g/mol. The van der Waals surface area contributed by atoms with Crippen LogP contribution in [0.1, 0.15) is 13.3 Å². The topological polar surface area (TPSA) is 87.0 Å². The molecule has 0 bridgehead atoms. The zero-order chi connectivity index (χ0) is 27.2. The normalized spacial score (nSPS) is 11.5. The summed E-state index contributed by atoms with van der Waals surface area (Å²) in [7, 11) is 1.58. The lowest BCUT2D eigenvalue weighted by Gasteiger charge is -2.19. The van der Waals surface area contributed by atoms with Crippen molar-refractivity contribution >= 4 is 22.6 Å². The second kappa shape index (κ2) is 11.6. The van der Waals surface area contributed by atoms with Gasteiger partial charge in [0.05, 0.1) is 12.5 Å². The second-order valence-electron chi connectivity index (χ2n) is 8.76. The highest BCUT2D eigenvalue weighted by Gasteiger charge is 2.25. The first-order chi connectivity index (χ1) is 19.1. The lowest BCUT2D eigenvalue weighted by Crippen LogP contribution is -2.34. The monoisotopic (exact) mass is 521 g/mol. The Hall–Kier alpha value is -5.04. The number of hydrogen-bond acceptors (Lipinski definition) is 6. The van der Waals surface area contributed by atoms with Crippen molar-refractivity contribution in [2.24, 2.45) is 0 Å². The van der Waals surface area contributed by atoms with Crippen molar-refractivity contribution in [2.75, 3.05) is 12.4 Å². The number of ether oxygens (including phenoxy) is 3. The van der Waals surface area contributed by atoms with Gasteiger partial charge in [-0.2, -0.15) is 0 Å². The van der Waals surface area contributed by atoms with Gasteiger partial charge in [0.2, 0.25) is 11.2 Å². The molecule has 0 saturated heterocycles. The number of nitrogens with one attached hydrogen (secondary N) is 1. The predicted molar refractivity (Wildman–Crippen MR) is 151 cm³/mol. The Kier molecular flexibility index (Phi) is 7.59. The summed E-state index contributed by atoms with van der Waals surface area (Å²) in [6, 6.07) is 30.5. The van der Waals surface area contributed by atoms with Gasteiger partial charge >= 0.3 is 0 Å². The van der Waals surface area contributed by atoms with Gasteiger partial charge in [0, 0.05) is 11.3 Å². The number of hydrogen-bond donors (Lipinski definition) is 1. The molecule has 196 valence electrons. The SMILES string of the molecule is CCC(Oc1c(-c2ccc(OC)cc2)oc2ccccc2c1=O)C(=O)Nc1ccc(Oc2ccccc2)cc1. The van der Waals surface area contributed by atoms with Gasteiger partial charge < -0.3 is 23.9 Å². The molecule has 5 rings (SSSR count). The van der Waals surface area contributed by atoms with Crippen molar-refractivity contribution in [3.63, 3.8) is 0 Å². The third kappa shape index (κ3) is 5.78. The number of carbonyl (C=O) groups excluding carboxylic acids is 1. The third-order valence-corrected chi connectivity index (χ3v) is 6.13. The lowest BCUT2D eigenvalue weighted by molar-refractivity contribution is -0.122. The van der Waals surface area contributed by atoms with Crippen LogP contribution in [0.4, 0.5) is 5.69 Å². The predicted octanol–water partition coefficient (Wildman–Crippen LogP) is 7.06. The summed E-state index contributed by atoms with van der Waals surface area (Å²) < 4.78 is 23.3. The Bertz CT molecular complexity index is 1630. The number of para-hydroxylation sites is 2. The van der Waals surface area contributed by atoms with Gasteiger partial charge in [-0.05, 0) is 79.2 Å². The molecule has 5 aromatic rings. The van der Waals surface area contributed by atoms with Crippen molar-refractivity contribution in [1.82, 2.24) is 0 Å². The summed E-state index contributed by atoms with van der Waals surface area (Å²) in [6.45, 7) is 1.82. The average Bonchev–Trinajstić information content (AvgIpc) is 2.98. The first kappa shape index (κ1) is 25.6. The Morgan fingerprint density at radius 1 is 0.821 bits per heavy atom. The van der Waals surface area contributed by atoms with E-state index in [-0.39, 0.29) is 22.8 Å². The largest absolute Gasteiger partial charge is 0.497 e. The Morgan fingerprint density at radius 3 is 2.15 bits per heavy atom. The van der Waals surface area contributed by atoms with Crippen LogP contribution in [0.2, 0.25) is 0 Å². The highest BCUT2D eigenvalue weighted by molar-refractivity contribution is 5.94. The van der Waals surface area contributed by atoms with Crippen molar-refractivity contribution in [3.05, 3.63) is 113 Å². The molecular formula is C32H27NO6. The number of rotatable bonds is 9. The molecule has 0 saturated carbocycles. The lowest BCUT2D eigenvalue weighted by atomic mass is 10.1. The Labute approximate surface area is 225 Å². The van der Waals surface area contributed by atoms with Gasteiger partial charge in [-0.3, -0.25) is 9.59 Å². The van der Waals surface area contributed by atoms with Crippen LogP contribution in [0.25, 0.3) is 22.3 Å². The highest BCUT2D eigenvalue weighted by Crippen LogP contribution is 2.33. The summed E-state index contributed by atoms with van der Waals surface area (Å²) in [5, 5.41) is 3.24. The zero-order valence-corrected chi connectivity index (χ0v) is 21.5. The van der Waals surface area contributed by atoms with Gasteiger partial charge in [0.25, 0.3) is 5.91 Å². The molecule has 7 nitrogen and oxygen atoms in total. The summed E-state index contributed by atoms with van der Waals surface area (Å²) in [5.74, 6) is 1.86. The van der Waals surface area contributed by atoms with E-state index in [1.165, 1.54) is 0 Å². The molecule has 1 aromatic heterocycles. The van der Waals surface area contributed by atoms with Crippen LogP contribution in [0.3, 0.4) is 0 Å². The summed E-state index contributed by atoms with van der Waals surface area (Å²) in [5.41, 5.74) is 1.27. The summed E-state index contributed by atoms with van der Waals surface area (Å²) in [4.78, 5) is 26.7. The molecule has 1 N–H and O–H groups in total. The minimum Gasteiger partial charge on any atom is -0.497 e. The number of carbonyl (C=O) groups is 1. The fourth-order valence-corrected chi connectivity index (χ4v) is 4.08. The van der Waals surface area contributed by atoms with Gasteiger partial charge in [-0.1, -0.05) is 37.3 Å². The molecule has 4 aromatic carbocycles. The van der Waals surface area contributed by atoms with E-state index >= 15 is 0 Å². The molecule has 39 heavy (non-hydrogen) atoms. The minimum absolute atomic E-state index is 0.0209. The first-order valence-electron chi connectivity index (χ1n) is 12.6. The van der Waals surface area contributed by atoms with Crippen LogP contribution in [-0.2, 0) is 4.79 Å². The van der Waals surface area contributed by atoms with Crippen LogP contribution in [0.15, 0.2) is 112 Å². The molecule has 0 aliphatic rings. The molecule has 0 aliphatic carbocycles. The molecule has 7 heteroatoms. The smallest absolute Gasteiger partial charge is 0.265 e. The molecule has 0 aliphatic heterocycles. The van der Waals surface area contributed by atoms with E-state index in [0.29, 0.717) is 40.1 Å². The van der Waals surface area contributed by atoms with Gasteiger partial charge in [-0.25, -0.2) is 0 Å². The maximum Gasteiger partial charge on any atom is 0.265 e. The molecule has 1 amide bonds. The van der Waals surface area contributed by atoms with E-state index in [1.54, 1.807) is 79.9 Å². The van der Waals surface area contributed by atoms with Crippen LogP contribution in [0, 0.1) is 0 Å². The van der Waals surface area contributed by atoms with E-state index in [0.717, 1.165) is 5.75 Å². The van der Waals surface area contributed by atoms with E-state index in [1.807, 2.05) is 37.3 Å². The number of anilines is 1. The van der Waals surface area contributed by atoms with Crippen molar-refractivity contribution in [3.8, 4) is 34.3 Å². The van der Waals surface area contributed by atoms with Crippen LogP contribution in [-0.4, -0.2) is 19.1 Å². The molecule has 1 atom stereocenters. The highest BCUT2D eigenvalue weighted by atomic mass is 16.5. The van der Waals surface area contributed by atoms with E-state index in [9.17, 15) is 9.59 Å². The summed E-state index contributed by atoms with van der Waals surface area (Å²) >= 11 is 0. The Balaban J connectivity index is 1.40. The fourth-order valence-electron chi connectivity index (χ4n) is 4.08. The maximum atomic E-state index is 13.5. The van der Waals surface area contributed by atoms with Crippen molar-refractivity contribution in [2.45, 2.75) is 19.4 Å². The fraction of sp³-hybridized carbons (Fsp3) is 0.125. The zero-order valence-electron chi connectivity index (χ0n) is 21.5. The van der Waals surface area contributed by atoms with Crippen LogP contribution < -0.4 is 25.0 Å². The van der Waals surface area contributed by atoms with E-state index in [2.05, 4.69) is 5.32 Å². The summed E-state index contributed by atoms with van der Waals surface area (Å²) in [6.07, 6.45) is -0.610. The molecular weight excluding hydrogens is 494 g/mol. The van der Waals surface area contributed by atoms with Gasteiger partial charge in [-0.15, -0.1) is 0 Å². The van der Waals surface area contributed by atoms with Crippen molar-refractivity contribution in [1.29, 1.82) is 0 Å². The van der Waals surface area contributed by atoms with Crippen LogP contribution >= 0.6 is 0 Å². The third-order valence-electron chi connectivity index (χ3n) is 6.13. The molecule has 0 radical (unpaired) electrons. The quantitative estimate of drug-likeness (QED) is 0.224. The first-order valence-corrected chi connectivity index (χ1v) is 12.6. The molecule has 0 fully saturated rings. The number of methoxy groups -OCH3 is 1. The molecule has 1 heterocycles. The Morgan fingerprint density at radius 2 is 1.46 bits per heavy atom. The van der Waals surface area contributed by atoms with E-state index < -0.39 is 6.10 Å². The van der Waals surface area contributed by atoms with Crippen molar-refractivity contribution < 1.29 is 23.4 Å². The minimum atomic E-state index is -0.939. The number of fused-ring (bicyclic) bond motifs is 1. The standard InChI is InChI=1S/C32H27NO6/c1-3-27(32(35)33-22-15-19-25(20-16-22)37-24-9-5-4-6-10-24)38-31-29(34)26-11-7-8-12-28(26)39-30(31)21-13-17-23(36-2)18-14-21/h4-20,27H,3H2,1-2H3,(H,33,35). The second-order valence-corrected chi connectivity index (χ2v) is 8.76. The van der Waals surface area contributed by atoms with Gasteiger partial charge in [0.15, 0.2) is 11.9 Å². The van der Waals surface area contributed by atoms with E-state index in [4.69, 9.17) is 18.6 Å².